The van der Waals surface area contributed by atoms with E-state index < -0.39 is 0 Å². The van der Waals surface area contributed by atoms with Crippen molar-refractivity contribution in [1.29, 1.82) is 5.26 Å². The van der Waals surface area contributed by atoms with Gasteiger partial charge in [0.25, 0.3) is 0 Å². The average molecular weight is 172 g/mol. The van der Waals surface area contributed by atoms with Crippen LogP contribution >= 0.6 is 0 Å². The zero-order valence-electron chi connectivity index (χ0n) is 7.03. The maximum absolute atomic E-state index is 10.8. The molecule has 1 fully saturated rings. The number of rotatable bonds is 1. The van der Waals surface area contributed by atoms with Gasteiger partial charge in [-0.25, -0.2) is 4.98 Å². The third-order valence-corrected chi connectivity index (χ3v) is 2.33. The lowest BCUT2D eigenvalue weighted by molar-refractivity contribution is -0.124. The maximum Gasteiger partial charge on any atom is 0.143 e. The van der Waals surface area contributed by atoms with E-state index in [0.717, 1.165) is 5.56 Å². The van der Waals surface area contributed by atoms with Crippen LogP contribution in [0.25, 0.3) is 0 Å². The summed E-state index contributed by atoms with van der Waals surface area (Å²) in [5, 5.41) is 8.76. The highest BCUT2D eigenvalue weighted by Crippen LogP contribution is 2.34. The SMILES string of the molecule is N#Cc1ncccc1C1CC(=O)C1. The molecule has 2 rings (SSSR count). The van der Waals surface area contributed by atoms with E-state index in [1.54, 1.807) is 12.3 Å². The summed E-state index contributed by atoms with van der Waals surface area (Å²) < 4.78 is 0. The monoisotopic (exact) mass is 172 g/mol. The Morgan fingerprint density at radius 3 is 2.92 bits per heavy atom. The molecule has 1 aliphatic rings. The van der Waals surface area contributed by atoms with Crippen LogP contribution < -0.4 is 0 Å². The van der Waals surface area contributed by atoms with Gasteiger partial charge in [-0.15, -0.1) is 0 Å². The summed E-state index contributed by atoms with van der Waals surface area (Å²) in [5.74, 6) is 0.508. The first kappa shape index (κ1) is 7.93. The van der Waals surface area contributed by atoms with Gasteiger partial charge < -0.3 is 0 Å². The van der Waals surface area contributed by atoms with Gasteiger partial charge >= 0.3 is 0 Å². The van der Waals surface area contributed by atoms with Gasteiger partial charge in [0.2, 0.25) is 0 Å². The van der Waals surface area contributed by atoms with Crippen LogP contribution in [0.15, 0.2) is 18.3 Å². The minimum absolute atomic E-state index is 0.232. The standard InChI is InChI=1S/C10H8N2O/c11-6-10-9(2-1-3-12-10)7-4-8(13)5-7/h1-3,7H,4-5H2. The highest BCUT2D eigenvalue weighted by Gasteiger charge is 2.29. The Kier molecular flexibility index (Phi) is 1.82. The highest BCUT2D eigenvalue weighted by molar-refractivity contribution is 5.86. The number of hydrogen-bond acceptors (Lipinski definition) is 3. The molecule has 1 saturated carbocycles. The van der Waals surface area contributed by atoms with Crippen molar-refractivity contribution in [3.8, 4) is 6.07 Å². The van der Waals surface area contributed by atoms with E-state index in [9.17, 15) is 4.79 Å². The predicted octanol–water partition coefficient (Wildman–Crippen LogP) is 1.40. The van der Waals surface area contributed by atoms with Crippen LogP contribution in [-0.4, -0.2) is 10.8 Å². The predicted molar refractivity (Wildman–Crippen MR) is 45.9 cm³/mol. The third-order valence-electron chi connectivity index (χ3n) is 2.33. The Morgan fingerprint density at radius 2 is 2.31 bits per heavy atom. The third kappa shape index (κ3) is 1.31. The van der Waals surface area contributed by atoms with E-state index in [0.29, 0.717) is 18.5 Å². The molecule has 1 aromatic heterocycles. The van der Waals surface area contributed by atoms with Crippen LogP contribution in [0.5, 0.6) is 0 Å². The molecule has 0 unspecified atom stereocenters. The van der Waals surface area contributed by atoms with Crippen molar-refractivity contribution in [2.24, 2.45) is 0 Å². The number of ketones is 1. The quantitative estimate of drug-likeness (QED) is 0.643. The lowest BCUT2D eigenvalue weighted by Gasteiger charge is -2.24. The summed E-state index contributed by atoms with van der Waals surface area (Å²) >= 11 is 0. The van der Waals surface area contributed by atoms with E-state index in [2.05, 4.69) is 4.98 Å². The second-order valence-corrected chi connectivity index (χ2v) is 3.20. The number of aromatic nitrogens is 1. The molecule has 0 atom stereocenters. The Morgan fingerprint density at radius 1 is 1.54 bits per heavy atom. The molecule has 0 bridgehead atoms. The normalized spacial score (nSPS) is 16.4. The second kappa shape index (κ2) is 2.98. The maximum atomic E-state index is 10.8. The fraction of sp³-hybridized carbons (Fsp3) is 0.300. The molecule has 1 heterocycles. The fourth-order valence-electron chi connectivity index (χ4n) is 1.55. The van der Waals surface area contributed by atoms with Crippen molar-refractivity contribution in [3.63, 3.8) is 0 Å². The molecule has 3 heteroatoms. The smallest absolute Gasteiger partial charge is 0.143 e. The van der Waals surface area contributed by atoms with Crippen molar-refractivity contribution >= 4 is 5.78 Å². The van der Waals surface area contributed by atoms with Gasteiger partial charge in [-0.3, -0.25) is 4.79 Å². The Balaban J connectivity index is 2.30. The van der Waals surface area contributed by atoms with Gasteiger partial charge in [0.05, 0.1) is 0 Å². The van der Waals surface area contributed by atoms with Crippen LogP contribution in [0.4, 0.5) is 0 Å². The summed E-state index contributed by atoms with van der Waals surface area (Å²) in [6, 6.07) is 5.72. The zero-order valence-corrected chi connectivity index (χ0v) is 7.03. The number of carbonyl (C=O) groups is 1. The zero-order chi connectivity index (χ0) is 9.26. The number of carbonyl (C=O) groups excluding carboxylic acids is 1. The van der Waals surface area contributed by atoms with Crippen LogP contribution in [-0.2, 0) is 4.79 Å². The molecule has 64 valence electrons. The lowest BCUT2D eigenvalue weighted by Crippen LogP contribution is -2.22. The summed E-state index contributed by atoms with van der Waals surface area (Å²) in [6.45, 7) is 0. The molecule has 0 N–H and O–H groups in total. The largest absolute Gasteiger partial charge is 0.300 e. The Hall–Kier alpha value is -1.69. The van der Waals surface area contributed by atoms with E-state index in [1.807, 2.05) is 12.1 Å². The first-order valence-corrected chi connectivity index (χ1v) is 4.18. The molecule has 0 spiro atoms. The van der Waals surface area contributed by atoms with Crippen LogP contribution in [0, 0.1) is 11.3 Å². The topological polar surface area (TPSA) is 53.8 Å². The lowest BCUT2D eigenvalue weighted by atomic mass is 9.78. The molecule has 0 amide bonds. The molecule has 1 aliphatic carbocycles. The summed E-state index contributed by atoms with van der Waals surface area (Å²) in [4.78, 5) is 14.7. The number of nitriles is 1. The molecular formula is C10H8N2O. The molecule has 0 aliphatic heterocycles. The van der Waals surface area contributed by atoms with Gasteiger partial charge in [-0.2, -0.15) is 5.26 Å². The van der Waals surface area contributed by atoms with Crippen molar-refractivity contribution in [2.45, 2.75) is 18.8 Å². The van der Waals surface area contributed by atoms with Gasteiger partial charge in [0.1, 0.15) is 17.5 Å². The Labute approximate surface area is 76.0 Å². The molecule has 0 radical (unpaired) electrons. The first-order valence-electron chi connectivity index (χ1n) is 4.18. The molecular weight excluding hydrogens is 164 g/mol. The fourth-order valence-corrected chi connectivity index (χ4v) is 1.55. The molecule has 0 saturated heterocycles. The van der Waals surface area contributed by atoms with Crippen LogP contribution in [0.1, 0.15) is 30.0 Å². The summed E-state index contributed by atoms with van der Waals surface area (Å²) in [7, 11) is 0. The van der Waals surface area contributed by atoms with Crippen molar-refractivity contribution in [1.82, 2.24) is 4.98 Å². The molecule has 3 nitrogen and oxygen atoms in total. The highest BCUT2D eigenvalue weighted by atomic mass is 16.1. The van der Waals surface area contributed by atoms with E-state index in [-0.39, 0.29) is 11.7 Å². The van der Waals surface area contributed by atoms with Crippen molar-refractivity contribution in [2.75, 3.05) is 0 Å². The van der Waals surface area contributed by atoms with Crippen molar-refractivity contribution in [3.05, 3.63) is 29.6 Å². The number of pyridine rings is 1. The molecule has 0 aromatic carbocycles. The van der Waals surface area contributed by atoms with Crippen molar-refractivity contribution < 1.29 is 4.79 Å². The summed E-state index contributed by atoms with van der Waals surface area (Å²) in [5.41, 5.74) is 1.38. The van der Waals surface area contributed by atoms with Gasteiger partial charge in [0.15, 0.2) is 0 Å². The second-order valence-electron chi connectivity index (χ2n) is 3.20. The van der Waals surface area contributed by atoms with Gasteiger partial charge in [0, 0.05) is 25.0 Å². The molecule has 1 aromatic rings. The van der Waals surface area contributed by atoms with Gasteiger partial charge in [-0.05, 0) is 11.6 Å². The van der Waals surface area contributed by atoms with E-state index >= 15 is 0 Å². The van der Waals surface area contributed by atoms with Crippen LogP contribution in [0.3, 0.4) is 0 Å². The molecule has 13 heavy (non-hydrogen) atoms. The van der Waals surface area contributed by atoms with E-state index in [1.165, 1.54) is 0 Å². The Bertz CT molecular complexity index is 384. The summed E-state index contributed by atoms with van der Waals surface area (Å²) in [6.07, 6.45) is 2.74. The number of nitrogens with zero attached hydrogens (tertiary/aromatic N) is 2. The number of Topliss-reactive ketones (excluding diaryl/α,β-unsaturated/α-hetero) is 1. The first-order chi connectivity index (χ1) is 6.31. The number of hydrogen-bond donors (Lipinski definition) is 0. The minimum atomic E-state index is 0.232. The van der Waals surface area contributed by atoms with Gasteiger partial charge in [-0.1, -0.05) is 6.07 Å². The van der Waals surface area contributed by atoms with Crippen LogP contribution in [0.2, 0.25) is 0 Å². The van der Waals surface area contributed by atoms with E-state index in [4.69, 9.17) is 5.26 Å². The minimum Gasteiger partial charge on any atom is -0.300 e. The average Bonchev–Trinajstić information content (AvgIpc) is 2.13.